The molecule has 0 spiro atoms. The summed E-state index contributed by atoms with van der Waals surface area (Å²) < 4.78 is 1.97. The molecule has 4 rings (SSSR count). The van der Waals surface area contributed by atoms with Crippen molar-refractivity contribution in [1.29, 1.82) is 0 Å². The monoisotopic (exact) mass is 402 g/mol. The number of benzene rings is 1. The number of hydrogen-bond donors (Lipinski definition) is 1. The summed E-state index contributed by atoms with van der Waals surface area (Å²) in [6.45, 7) is 1.21. The largest absolute Gasteiger partial charge is 0.336 e. The van der Waals surface area contributed by atoms with E-state index in [1.165, 1.54) is 0 Å². The van der Waals surface area contributed by atoms with Gasteiger partial charge in [0.1, 0.15) is 11.7 Å². The summed E-state index contributed by atoms with van der Waals surface area (Å²) in [4.78, 5) is 42.1. The molecular weight excluding hydrogens is 380 g/mol. The quantitative estimate of drug-likeness (QED) is 0.456. The SMILES string of the molecule is C#Cc1cn(CCC/C=C/c2cccc3c2CN(C2CCC(=O)NC2=O)C3=O)cn1. The van der Waals surface area contributed by atoms with E-state index >= 15 is 0 Å². The average molecular weight is 402 g/mol. The number of nitrogens with one attached hydrogen (secondary N) is 1. The first-order valence-electron chi connectivity index (χ1n) is 9.98. The van der Waals surface area contributed by atoms with Gasteiger partial charge in [-0.05, 0) is 42.4 Å². The second kappa shape index (κ2) is 8.37. The third-order valence-corrected chi connectivity index (χ3v) is 5.48. The van der Waals surface area contributed by atoms with Gasteiger partial charge in [0.25, 0.3) is 5.91 Å². The molecule has 0 radical (unpaired) electrons. The van der Waals surface area contributed by atoms with Crippen molar-refractivity contribution >= 4 is 23.8 Å². The lowest BCUT2D eigenvalue weighted by molar-refractivity contribution is -0.136. The summed E-state index contributed by atoms with van der Waals surface area (Å²) in [7, 11) is 0. The second-order valence-corrected chi connectivity index (χ2v) is 7.46. The lowest BCUT2D eigenvalue weighted by atomic mass is 10.0. The summed E-state index contributed by atoms with van der Waals surface area (Å²) >= 11 is 0. The van der Waals surface area contributed by atoms with E-state index in [-0.39, 0.29) is 18.2 Å². The number of imidazole rings is 1. The molecule has 1 N–H and O–H groups in total. The highest BCUT2D eigenvalue weighted by Crippen LogP contribution is 2.30. The number of carbonyl (C=O) groups is 3. The number of carbonyl (C=O) groups excluding carboxylic acids is 3. The van der Waals surface area contributed by atoms with Gasteiger partial charge < -0.3 is 9.47 Å². The van der Waals surface area contributed by atoms with Crippen molar-refractivity contribution in [3.05, 3.63) is 59.2 Å². The number of imide groups is 1. The van der Waals surface area contributed by atoms with Gasteiger partial charge in [0.05, 0.1) is 6.33 Å². The van der Waals surface area contributed by atoms with Crippen LogP contribution in [0.1, 0.15) is 52.9 Å². The normalized spacial score (nSPS) is 18.6. The summed E-state index contributed by atoms with van der Waals surface area (Å²) in [6.07, 6.45) is 15.5. The van der Waals surface area contributed by atoms with E-state index in [0.717, 1.165) is 30.5 Å². The highest BCUT2D eigenvalue weighted by Gasteiger charge is 2.39. The van der Waals surface area contributed by atoms with Crippen molar-refractivity contribution in [3.8, 4) is 12.3 Å². The molecule has 1 saturated heterocycles. The van der Waals surface area contributed by atoms with Crippen LogP contribution >= 0.6 is 0 Å². The number of allylic oxidation sites excluding steroid dienone is 1. The molecule has 152 valence electrons. The van der Waals surface area contributed by atoms with Gasteiger partial charge >= 0.3 is 0 Å². The molecule has 1 aromatic carbocycles. The minimum absolute atomic E-state index is 0.154. The van der Waals surface area contributed by atoms with Gasteiger partial charge in [-0.3, -0.25) is 19.7 Å². The number of fused-ring (bicyclic) bond motifs is 1. The molecule has 7 heteroatoms. The fraction of sp³-hybridized carbons (Fsp3) is 0.304. The van der Waals surface area contributed by atoms with Gasteiger partial charge in [-0.2, -0.15) is 0 Å². The lowest BCUT2D eigenvalue weighted by Crippen LogP contribution is -2.52. The first kappa shape index (κ1) is 19.6. The van der Waals surface area contributed by atoms with Crippen LogP contribution in [-0.2, 0) is 22.7 Å². The van der Waals surface area contributed by atoms with E-state index in [1.54, 1.807) is 17.3 Å². The first-order valence-corrected chi connectivity index (χ1v) is 9.98. The number of rotatable bonds is 6. The Hall–Kier alpha value is -3.66. The summed E-state index contributed by atoms with van der Waals surface area (Å²) in [5.74, 6) is 1.68. The minimum atomic E-state index is -0.595. The number of unbranched alkanes of at least 4 members (excludes halogenated alkanes) is 1. The molecule has 0 bridgehead atoms. The topological polar surface area (TPSA) is 84.3 Å². The number of hydrogen-bond acceptors (Lipinski definition) is 4. The van der Waals surface area contributed by atoms with Crippen LogP contribution in [0.25, 0.3) is 6.08 Å². The molecule has 30 heavy (non-hydrogen) atoms. The van der Waals surface area contributed by atoms with Gasteiger partial charge in [-0.25, -0.2) is 4.98 Å². The molecule has 2 aromatic rings. The molecule has 1 atom stereocenters. The maximum Gasteiger partial charge on any atom is 0.255 e. The number of piperidine rings is 1. The highest BCUT2D eigenvalue weighted by atomic mass is 16.2. The number of aryl methyl sites for hydroxylation is 1. The first-order chi connectivity index (χ1) is 14.6. The Morgan fingerprint density at radius 1 is 1.30 bits per heavy atom. The molecule has 1 unspecified atom stereocenters. The molecule has 2 aliphatic heterocycles. The van der Waals surface area contributed by atoms with Crippen molar-refractivity contribution in [2.75, 3.05) is 0 Å². The van der Waals surface area contributed by atoms with E-state index < -0.39 is 11.9 Å². The number of amides is 3. The molecule has 0 aliphatic carbocycles. The lowest BCUT2D eigenvalue weighted by Gasteiger charge is -2.29. The van der Waals surface area contributed by atoms with Crippen LogP contribution in [0.3, 0.4) is 0 Å². The molecule has 7 nitrogen and oxygen atoms in total. The smallest absolute Gasteiger partial charge is 0.255 e. The second-order valence-electron chi connectivity index (χ2n) is 7.46. The van der Waals surface area contributed by atoms with Gasteiger partial charge in [0.15, 0.2) is 0 Å². The van der Waals surface area contributed by atoms with Crippen LogP contribution < -0.4 is 5.32 Å². The highest BCUT2D eigenvalue weighted by molar-refractivity contribution is 6.05. The predicted octanol–water partition coefficient (Wildman–Crippen LogP) is 2.12. The van der Waals surface area contributed by atoms with Crippen LogP contribution in [-0.4, -0.2) is 38.2 Å². The standard InChI is InChI=1S/C23H22N4O3/c1-2-17-13-26(15-24-17)12-5-3-4-7-16-8-6-9-18-19(16)14-27(23(18)30)20-10-11-21(28)25-22(20)29/h1,4,6-9,13,15,20H,3,5,10-12,14H2,(H,25,28,29)/b7-4+. The average Bonchev–Trinajstić information content (AvgIpc) is 3.33. The van der Waals surface area contributed by atoms with Crippen LogP contribution in [0.15, 0.2) is 36.8 Å². The molecule has 3 amide bonds. The fourth-order valence-corrected chi connectivity index (χ4v) is 3.92. The Labute approximate surface area is 174 Å². The van der Waals surface area contributed by atoms with Crippen molar-refractivity contribution in [2.45, 2.75) is 44.8 Å². The van der Waals surface area contributed by atoms with Crippen molar-refractivity contribution in [1.82, 2.24) is 19.8 Å². The molecule has 1 aromatic heterocycles. The van der Waals surface area contributed by atoms with Gasteiger partial charge in [-0.15, -0.1) is 6.42 Å². The Morgan fingerprint density at radius 2 is 2.17 bits per heavy atom. The van der Waals surface area contributed by atoms with E-state index in [9.17, 15) is 14.4 Å². The zero-order valence-corrected chi connectivity index (χ0v) is 16.5. The van der Waals surface area contributed by atoms with Crippen LogP contribution in [0.5, 0.6) is 0 Å². The summed E-state index contributed by atoms with van der Waals surface area (Å²) in [6, 6.07) is 5.04. The number of terminal acetylenes is 1. The maximum atomic E-state index is 12.8. The fourth-order valence-electron chi connectivity index (χ4n) is 3.92. The molecule has 2 aliphatic rings. The third kappa shape index (κ3) is 3.90. The maximum absolute atomic E-state index is 12.8. The van der Waals surface area contributed by atoms with Crippen LogP contribution in [0.4, 0.5) is 0 Å². The van der Waals surface area contributed by atoms with Gasteiger partial charge in [0, 0.05) is 31.3 Å². The predicted molar refractivity (Wildman–Crippen MR) is 111 cm³/mol. The minimum Gasteiger partial charge on any atom is -0.336 e. The third-order valence-electron chi connectivity index (χ3n) is 5.48. The van der Waals surface area contributed by atoms with Crippen molar-refractivity contribution < 1.29 is 14.4 Å². The Bertz CT molecular complexity index is 1080. The van der Waals surface area contributed by atoms with E-state index in [4.69, 9.17) is 6.42 Å². The van der Waals surface area contributed by atoms with Crippen LogP contribution in [0, 0.1) is 12.3 Å². The summed E-state index contributed by atoms with van der Waals surface area (Å²) in [5, 5.41) is 2.33. The molecule has 1 fully saturated rings. The summed E-state index contributed by atoms with van der Waals surface area (Å²) in [5.41, 5.74) is 3.17. The number of aromatic nitrogens is 2. The van der Waals surface area contributed by atoms with E-state index in [1.807, 2.05) is 29.0 Å². The zero-order chi connectivity index (χ0) is 21.1. The van der Waals surface area contributed by atoms with Crippen molar-refractivity contribution in [3.63, 3.8) is 0 Å². The Balaban J connectivity index is 1.40. The molecule has 3 heterocycles. The van der Waals surface area contributed by atoms with Crippen molar-refractivity contribution in [2.24, 2.45) is 0 Å². The Morgan fingerprint density at radius 3 is 2.93 bits per heavy atom. The van der Waals surface area contributed by atoms with E-state index in [0.29, 0.717) is 24.2 Å². The number of nitrogens with zero attached hydrogens (tertiary/aromatic N) is 3. The van der Waals surface area contributed by atoms with Crippen LogP contribution in [0.2, 0.25) is 0 Å². The van der Waals surface area contributed by atoms with E-state index in [2.05, 4.69) is 22.3 Å². The van der Waals surface area contributed by atoms with Gasteiger partial charge in [-0.1, -0.05) is 24.3 Å². The zero-order valence-electron chi connectivity index (χ0n) is 16.5. The molecular formula is C23H22N4O3. The van der Waals surface area contributed by atoms with Gasteiger partial charge in [0.2, 0.25) is 11.8 Å². The Kier molecular flexibility index (Phi) is 5.48. The molecule has 0 saturated carbocycles.